The number of pyridine rings is 1. The first-order valence-electron chi connectivity index (χ1n) is 8.90. The van der Waals surface area contributed by atoms with Crippen molar-refractivity contribution in [3.8, 4) is 5.69 Å². The van der Waals surface area contributed by atoms with Crippen molar-refractivity contribution < 1.29 is 18.4 Å². The first-order chi connectivity index (χ1) is 13.9. The lowest BCUT2D eigenvalue weighted by Crippen LogP contribution is -2.37. The van der Waals surface area contributed by atoms with Crippen LogP contribution in [0.4, 0.5) is 14.5 Å². The van der Waals surface area contributed by atoms with E-state index in [9.17, 15) is 13.6 Å². The van der Waals surface area contributed by atoms with E-state index in [-0.39, 0.29) is 28.8 Å². The minimum Gasteiger partial charge on any atom is -0.399 e. The van der Waals surface area contributed by atoms with Crippen LogP contribution in [0.25, 0.3) is 5.69 Å². The van der Waals surface area contributed by atoms with Gasteiger partial charge in [0.1, 0.15) is 12.8 Å². The Morgan fingerprint density at radius 2 is 2.31 bits per heavy atom. The maximum absolute atomic E-state index is 13.0. The number of hydrogen-bond donors (Lipinski definition) is 0. The molecule has 7 nitrogen and oxygen atoms in total. The van der Waals surface area contributed by atoms with Gasteiger partial charge in [-0.05, 0) is 19.1 Å². The van der Waals surface area contributed by atoms with Crippen molar-refractivity contribution in [1.29, 1.82) is 0 Å². The monoisotopic (exact) mass is 443 g/mol. The molecular formula is C18H20ClF2N5O2S. The lowest BCUT2D eigenvalue weighted by atomic mass is 10.3. The van der Waals surface area contributed by atoms with Crippen molar-refractivity contribution in [3.63, 3.8) is 0 Å². The second-order valence-corrected chi connectivity index (χ2v) is 7.80. The van der Waals surface area contributed by atoms with E-state index in [1.807, 2.05) is 0 Å². The topological polar surface area (TPSA) is 72.6 Å². The molecule has 1 unspecified atom stereocenters. The first-order valence-corrected chi connectivity index (χ1v) is 10.4. The van der Waals surface area contributed by atoms with Gasteiger partial charge in [-0.25, -0.2) is 13.5 Å². The van der Waals surface area contributed by atoms with E-state index in [1.165, 1.54) is 28.5 Å². The van der Waals surface area contributed by atoms with Gasteiger partial charge in [0.25, 0.3) is 11.8 Å². The molecule has 2 aromatic heterocycles. The van der Waals surface area contributed by atoms with Crippen molar-refractivity contribution in [2.45, 2.75) is 19.3 Å². The van der Waals surface area contributed by atoms with Crippen LogP contribution in [0.3, 0.4) is 0 Å². The summed E-state index contributed by atoms with van der Waals surface area (Å²) in [5.41, 5.74) is 1.22. The van der Waals surface area contributed by atoms with Crippen LogP contribution < -0.4 is 4.90 Å². The van der Waals surface area contributed by atoms with Gasteiger partial charge in [0.2, 0.25) is 0 Å². The number of alkyl halides is 2. The predicted octanol–water partition coefficient (Wildman–Crippen LogP) is 3.66. The normalized spacial score (nSPS) is 17.8. The zero-order valence-corrected chi connectivity index (χ0v) is 17.5. The quantitative estimate of drug-likeness (QED) is 0.437. The van der Waals surface area contributed by atoms with Gasteiger partial charge in [0, 0.05) is 36.6 Å². The molecule has 1 amide bonds. The summed E-state index contributed by atoms with van der Waals surface area (Å²) in [6, 6.07) is 3.57. The summed E-state index contributed by atoms with van der Waals surface area (Å²) in [5.74, 6) is -3.23. The summed E-state index contributed by atoms with van der Waals surface area (Å²) in [6.07, 6.45) is 4.78. The molecule has 2 aromatic rings. The third-order valence-electron chi connectivity index (χ3n) is 4.38. The number of anilines is 1. The van der Waals surface area contributed by atoms with Gasteiger partial charge in [0.05, 0.1) is 18.1 Å². The Morgan fingerprint density at radius 1 is 1.55 bits per heavy atom. The number of amides is 1. The number of aromatic nitrogens is 3. The molecule has 0 aliphatic heterocycles. The fraction of sp³-hybridized carbons (Fsp3) is 0.444. The number of oxime groups is 1. The molecule has 0 saturated heterocycles. The number of thioether (sulfide) groups is 1. The van der Waals surface area contributed by atoms with E-state index in [0.717, 1.165) is 0 Å². The highest BCUT2D eigenvalue weighted by Gasteiger charge is 2.56. The van der Waals surface area contributed by atoms with Crippen LogP contribution in [0.5, 0.6) is 0 Å². The molecule has 1 atom stereocenters. The van der Waals surface area contributed by atoms with Crippen LogP contribution in [0.1, 0.15) is 13.3 Å². The van der Waals surface area contributed by atoms with Crippen LogP contribution in [-0.2, 0) is 9.63 Å². The van der Waals surface area contributed by atoms with Crippen molar-refractivity contribution in [2.75, 3.05) is 30.1 Å². The minimum absolute atomic E-state index is 0.102. The van der Waals surface area contributed by atoms with Crippen molar-refractivity contribution in [1.82, 2.24) is 14.8 Å². The Kier molecular flexibility index (Phi) is 6.74. The maximum atomic E-state index is 13.0. The summed E-state index contributed by atoms with van der Waals surface area (Å²) in [7, 11) is 1.33. The fourth-order valence-corrected chi connectivity index (χ4v) is 4.08. The molecule has 1 aliphatic carbocycles. The average molecular weight is 444 g/mol. The van der Waals surface area contributed by atoms with Crippen molar-refractivity contribution in [2.24, 2.45) is 11.1 Å². The third-order valence-corrected chi connectivity index (χ3v) is 5.76. The van der Waals surface area contributed by atoms with E-state index < -0.39 is 17.7 Å². The van der Waals surface area contributed by atoms with Crippen LogP contribution in [0.15, 0.2) is 35.9 Å². The number of hydrogen-bond acceptors (Lipinski definition) is 6. The minimum atomic E-state index is -2.58. The molecule has 1 saturated carbocycles. The van der Waals surface area contributed by atoms with Gasteiger partial charge in [-0.3, -0.25) is 9.78 Å². The highest BCUT2D eigenvalue weighted by Crippen LogP contribution is 2.50. The average Bonchev–Trinajstić information content (AvgIpc) is 3.13. The lowest BCUT2D eigenvalue weighted by Gasteiger charge is -2.20. The molecule has 2 heterocycles. The largest absolute Gasteiger partial charge is 0.399 e. The Balaban J connectivity index is 1.74. The second kappa shape index (κ2) is 9.08. The molecular weight excluding hydrogens is 424 g/mol. The fourth-order valence-electron chi connectivity index (χ4n) is 2.71. The van der Waals surface area contributed by atoms with Gasteiger partial charge in [-0.15, -0.1) is 0 Å². The molecule has 0 spiro atoms. The predicted molar refractivity (Wildman–Crippen MR) is 109 cm³/mol. The SMILES string of the molecule is CCN(C(=O)/C(CSCC1CC1(F)F)=N/OC)c1cn(-c2cccnc2)nc1Cl. The van der Waals surface area contributed by atoms with Gasteiger partial charge in [-0.1, -0.05) is 16.8 Å². The van der Waals surface area contributed by atoms with E-state index in [4.69, 9.17) is 16.4 Å². The number of rotatable bonds is 9. The third kappa shape index (κ3) is 5.05. The van der Waals surface area contributed by atoms with E-state index >= 15 is 0 Å². The van der Waals surface area contributed by atoms with Crippen molar-refractivity contribution >= 4 is 40.7 Å². The first kappa shape index (κ1) is 21.5. The Morgan fingerprint density at radius 3 is 2.90 bits per heavy atom. The molecule has 1 fully saturated rings. The standard InChI is InChI=1S/C18H20ClF2N5O2S/c1-3-25(15-9-26(23-16(15)19)13-5-4-6-22-8-13)17(27)14(24-28-2)11-29-10-12-7-18(12,20)21/h4-6,8-9,12H,3,7,10-11H2,1-2H3/b24-14+. The highest BCUT2D eigenvalue weighted by atomic mass is 35.5. The van der Waals surface area contributed by atoms with Crippen molar-refractivity contribution in [3.05, 3.63) is 35.9 Å². The molecule has 0 N–H and O–H groups in total. The van der Waals surface area contributed by atoms with E-state index in [1.54, 1.807) is 37.6 Å². The lowest BCUT2D eigenvalue weighted by molar-refractivity contribution is -0.112. The molecule has 1 aliphatic rings. The highest BCUT2D eigenvalue weighted by molar-refractivity contribution is 8.00. The molecule has 29 heavy (non-hydrogen) atoms. The van der Waals surface area contributed by atoms with Crippen LogP contribution in [0, 0.1) is 5.92 Å². The zero-order valence-electron chi connectivity index (χ0n) is 15.9. The zero-order chi connectivity index (χ0) is 21.0. The number of carbonyl (C=O) groups is 1. The second-order valence-electron chi connectivity index (χ2n) is 6.41. The summed E-state index contributed by atoms with van der Waals surface area (Å²) in [6.45, 7) is 2.10. The van der Waals surface area contributed by atoms with Crippen LogP contribution in [0.2, 0.25) is 5.15 Å². The Labute approximate surface area is 176 Å². The smallest absolute Gasteiger partial charge is 0.277 e. The van der Waals surface area contributed by atoms with Gasteiger partial charge in [0.15, 0.2) is 10.9 Å². The summed E-state index contributed by atoms with van der Waals surface area (Å²) >= 11 is 7.51. The van der Waals surface area contributed by atoms with Crippen LogP contribution >= 0.6 is 23.4 Å². The maximum Gasteiger partial charge on any atom is 0.277 e. The summed E-state index contributed by atoms with van der Waals surface area (Å²) < 4.78 is 27.6. The van der Waals surface area contributed by atoms with Gasteiger partial charge >= 0.3 is 0 Å². The Bertz CT molecular complexity index is 894. The molecule has 156 valence electrons. The van der Waals surface area contributed by atoms with E-state index in [2.05, 4.69) is 15.2 Å². The van der Waals surface area contributed by atoms with Crippen LogP contribution in [-0.4, -0.2) is 57.5 Å². The number of carbonyl (C=O) groups excluding carboxylic acids is 1. The Hall–Kier alpha value is -2.20. The summed E-state index contributed by atoms with van der Waals surface area (Å²) in [5, 5.41) is 8.18. The molecule has 11 heteroatoms. The molecule has 0 radical (unpaired) electrons. The van der Waals surface area contributed by atoms with E-state index in [0.29, 0.717) is 17.9 Å². The summed E-state index contributed by atoms with van der Waals surface area (Å²) in [4.78, 5) is 23.3. The molecule has 0 bridgehead atoms. The molecule has 3 rings (SSSR count). The van der Waals surface area contributed by atoms with Gasteiger partial charge in [-0.2, -0.15) is 16.9 Å². The van der Waals surface area contributed by atoms with Gasteiger partial charge < -0.3 is 9.74 Å². The molecule has 0 aromatic carbocycles. The number of halogens is 3. The number of nitrogens with zero attached hydrogens (tertiary/aromatic N) is 5.